The summed E-state index contributed by atoms with van der Waals surface area (Å²) in [6.07, 6.45) is 6.68. The molecule has 18 heavy (non-hydrogen) atoms. The maximum Gasteiger partial charge on any atom is 0.223 e. The number of rotatable bonds is 3. The van der Waals surface area contributed by atoms with Crippen LogP contribution in [-0.2, 0) is 9.53 Å². The number of hydrogen-bond donors (Lipinski definition) is 1. The van der Waals surface area contributed by atoms with E-state index in [9.17, 15) is 4.79 Å². The van der Waals surface area contributed by atoms with Crippen LogP contribution in [0.25, 0.3) is 0 Å². The highest BCUT2D eigenvalue weighted by atomic mass is 16.5. The summed E-state index contributed by atoms with van der Waals surface area (Å²) in [4.78, 5) is 12.1. The molecule has 2 aliphatic rings. The molecule has 3 heteroatoms. The molecule has 1 aliphatic heterocycles. The molecule has 2 fully saturated rings. The van der Waals surface area contributed by atoms with E-state index in [-0.39, 0.29) is 11.8 Å². The lowest BCUT2D eigenvalue weighted by atomic mass is 9.73. The third-order valence-electron chi connectivity index (χ3n) is 4.62. The molecule has 0 unspecified atom stereocenters. The highest BCUT2D eigenvalue weighted by Gasteiger charge is 2.30. The summed E-state index contributed by atoms with van der Waals surface area (Å²) in [5.74, 6) is 1.18. The van der Waals surface area contributed by atoms with Gasteiger partial charge in [0.1, 0.15) is 0 Å². The summed E-state index contributed by atoms with van der Waals surface area (Å²) in [7, 11) is 0. The van der Waals surface area contributed by atoms with Crippen LogP contribution in [0, 0.1) is 17.3 Å². The number of amides is 1. The highest BCUT2D eigenvalue weighted by Crippen LogP contribution is 2.37. The van der Waals surface area contributed by atoms with Crippen molar-refractivity contribution in [2.75, 3.05) is 19.8 Å². The van der Waals surface area contributed by atoms with Gasteiger partial charge < -0.3 is 10.1 Å². The number of nitrogens with one attached hydrogen (secondary N) is 1. The van der Waals surface area contributed by atoms with E-state index in [4.69, 9.17) is 4.74 Å². The SMILES string of the molecule is CC1(C)CCC(C(=O)NCC2CCOCC2)CC1. The Morgan fingerprint density at radius 3 is 2.39 bits per heavy atom. The van der Waals surface area contributed by atoms with Gasteiger partial charge in [-0.3, -0.25) is 4.79 Å². The van der Waals surface area contributed by atoms with Crippen LogP contribution in [-0.4, -0.2) is 25.7 Å². The summed E-state index contributed by atoms with van der Waals surface area (Å²) in [6.45, 7) is 7.19. The lowest BCUT2D eigenvalue weighted by Crippen LogP contribution is -2.38. The molecule has 0 bridgehead atoms. The van der Waals surface area contributed by atoms with E-state index in [0.717, 1.165) is 45.4 Å². The third-order valence-corrected chi connectivity index (χ3v) is 4.62. The van der Waals surface area contributed by atoms with E-state index < -0.39 is 0 Å². The quantitative estimate of drug-likeness (QED) is 0.840. The maximum atomic E-state index is 12.1. The molecule has 0 aromatic carbocycles. The zero-order valence-corrected chi connectivity index (χ0v) is 11.8. The van der Waals surface area contributed by atoms with Crippen LogP contribution in [0.15, 0.2) is 0 Å². The topological polar surface area (TPSA) is 38.3 Å². The van der Waals surface area contributed by atoms with Gasteiger partial charge in [-0.05, 0) is 49.9 Å². The van der Waals surface area contributed by atoms with Crippen LogP contribution in [0.3, 0.4) is 0 Å². The molecule has 0 aromatic rings. The van der Waals surface area contributed by atoms with Gasteiger partial charge in [0.2, 0.25) is 5.91 Å². The van der Waals surface area contributed by atoms with Crippen LogP contribution in [0.1, 0.15) is 52.4 Å². The molecule has 3 nitrogen and oxygen atoms in total. The monoisotopic (exact) mass is 253 g/mol. The molecule has 1 amide bonds. The zero-order valence-electron chi connectivity index (χ0n) is 11.8. The Balaban J connectivity index is 1.68. The molecular formula is C15H27NO2. The fourth-order valence-corrected chi connectivity index (χ4v) is 3.00. The first-order valence-electron chi connectivity index (χ1n) is 7.42. The van der Waals surface area contributed by atoms with Gasteiger partial charge in [0.05, 0.1) is 0 Å². The normalized spacial score (nSPS) is 25.9. The van der Waals surface area contributed by atoms with Crippen LogP contribution in [0.2, 0.25) is 0 Å². The summed E-state index contributed by atoms with van der Waals surface area (Å²) < 4.78 is 5.33. The van der Waals surface area contributed by atoms with Crippen molar-refractivity contribution in [3.63, 3.8) is 0 Å². The van der Waals surface area contributed by atoms with Gasteiger partial charge in [-0.1, -0.05) is 13.8 Å². The molecule has 1 saturated carbocycles. The van der Waals surface area contributed by atoms with Crippen LogP contribution in [0.5, 0.6) is 0 Å². The second kappa shape index (κ2) is 6.05. The smallest absolute Gasteiger partial charge is 0.223 e. The average molecular weight is 253 g/mol. The first-order chi connectivity index (χ1) is 8.57. The number of ether oxygens (including phenoxy) is 1. The molecule has 1 heterocycles. The Bertz CT molecular complexity index is 272. The number of hydrogen-bond acceptors (Lipinski definition) is 2. The molecular weight excluding hydrogens is 226 g/mol. The van der Waals surface area contributed by atoms with Crippen LogP contribution >= 0.6 is 0 Å². The lowest BCUT2D eigenvalue weighted by Gasteiger charge is -2.34. The lowest BCUT2D eigenvalue weighted by molar-refractivity contribution is -0.126. The second-order valence-electron chi connectivity index (χ2n) is 6.74. The first kappa shape index (κ1) is 13.9. The van der Waals surface area contributed by atoms with E-state index >= 15 is 0 Å². The van der Waals surface area contributed by atoms with Crippen molar-refractivity contribution in [2.45, 2.75) is 52.4 Å². The van der Waals surface area contributed by atoms with Gasteiger partial charge in [-0.25, -0.2) is 0 Å². The number of carbonyl (C=O) groups is 1. The van der Waals surface area contributed by atoms with Crippen LogP contribution < -0.4 is 5.32 Å². The average Bonchev–Trinajstić information content (AvgIpc) is 2.37. The van der Waals surface area contributed by atoms with Gasteiger partial charge in [-0.15, -0.1) is 0 Å². The van der Waals surface area contributed by atoms with Crippen molar-refractivity contribution < 1.29 is 9.53 Å². The number of carbonyl (C=O) groups excluding carboxylic acids is 1. The second-order valence-corrected chi connectivity index (χ2v) is 6.74. The molecule has 1 saturated heterocycles. The standard InChI is InChI=1S/C15H27NO2/c1-15(2)7-3-13(4-8-15)14(17)16-11-12-5-9-18-10-6-12/h12-13H,3-11H2,1-2H3,(H,16,17). The van der Waals surface area contributed by atoms with Crippen molar-refractivity contribution in [3.8, 4) is 0 Å². The van der Waals surface area contributed by atoms with E-state index in [2.05, 4.69) is 19.2 Å². The van der Waals surface area contributed by atoms with E-state index in [1.165, 1.54) is 12.8 Å². The first-order valence-corrected chi connectivity index (χ1v) is 7.42. The van der Waals surface area contributed by atoms with Crippen molar-refractivity contribution in [1.29, 1.82) is 0 Å². The summed E-state index contributed by atoms with van der Waals surface area (Å²) in [6, 6.07) is 0. The van der Waals surface area contributed by atoms with Gasteiger partial charge in [0, 0.05) is 25.7 Å². The molecule has 0 spiro atoms. The summed E-state index contributed by atoms with van der Waals surface area (Å²) in [5.41, 5.74) is 0.442. The highest BCUT2D eigenvalue weighted by molar-refractivity contribution is 5.78. The molecule has 0 aromatic heterocycles. The maximum absolute atomic E-state index is 12.1. The van der Waals surface area contributed by atoms with Crippen molar-refractivity contribution in [1.82, 2.24) is 5.32 Å². The van der Waals surface area contributed by atoms with Crippen molar-refractivity contribution in [2.24, 2.45) is 17.3 Å². The summed E-state index contributed by atoms with van der Waals surface area (Å²) >= 11 is 0. The molecule has 0 atom stereocenters. The van der Waals surface area contributed by atoms with Gasteiger partial charge in [0.15, 0.2) is 0 Å². The van der Waals surface area contributed by atoms with Crippen LogP contribution in [0.4, 0.5) is 0 Å². The molecule has 2 rings (SSSR count). The Kier molecular flexibility index (Phi) is 4.66. The third kappa shape index (κ3) is 3.98. The largest absolute Gasteiger partial charge is 0.381 e. The van der Waals surface area contributed by atoms with E-state index in [1.807, 2.05) is 0 Å². The Hall–Kier alpha value is -0.570. The van der Waals surface area contributed by atoms with E-state index in [1.54, 1.807) is 0 Å². The fraction of sp³-hybridized carbons (Fsp3) is 0.933. The zero-order chi connectivity index (χ0) is 13.0. The van der Waals surface area contributed by atoms with Gasteiger partial charge in [0.25, 0.3) is 0 Å². The summed E-state index contributed by atoms with van der Waals surface area (Å²) in [5, 5.41) is 3.15. The van der Waals surface area contributed by atoms with Crippen molar-refractivity contribution in [3.05, 3.63) is 0 Å². The molecule has 1 N–H and O–H groups in total. The minimum absolute atomic E-state index is 0.262. The Morgan fingerprint density at radius 1 is 1.17 bits per heavy atom. The minimum Gasteiger partial charge on any atom is -0.381 e. The van der Waals surface area contributed by atoms with Crippen molar-refractivity contribution >= 4 is 5.91 Å². The molecule has 104 valence electrons. The van der Waals surface area contributed by atoms with Gasteiger partial charge in [-0.2, -0.15) is 0 Å². The predicted molar refractivity (Wildman–Crippen MR) is 72.3 cm³/mol. The Labute approximate surface area is 111 Å². The fourth-order valence-electron chi connectivity index (χ4n) is 3.00. The minimum atomic E-state index is 0.262. The molecule has 0 radical (unpaired) electrons. The Morgan fingerprint density at radius 2 is 1.78 bits per heavy atom. The predicted octanol–water partition coefficient (Wildman–Crippen LogP) is 2.75. The van der Waals surface area contributed by atoms with E-state index in [0.29, 0.717) is 11.3 Å². The van der Waals surface area contributed by atoms with Gasteiger partial charge >= 0.3 is 0 Å². The molecule has 1 aliphatic carbocycles.